The van der Waals surface area contributed by atoms with Crippen LogP contribution in [0.2, 0.25) is 0 Å². The van der Waals surface area contributed by atoms with E-state index in [1.54, 1.807) is 0 Å². The second-order valence-corrected chi connectivity index (χ2v) is 3.15. The third-order valence-electron chi connectivity index (χ3n) is 1.97. The first-order chi connectivity index (χ1) is 4.22. The van der Waals surface area contributed by atoms with Gasteiger partial charge in [0.05, 0.1) is 0 Å². The molecule has 0 bridgehead atoms. The molecule has 52 valence electrons. The van der Waals surface area contributed by atoms with E-state index in [2.05, 4.69) is 38.4 Å². The molecule has 0 saturated carbocycles. The Bertz CT molecular complexity index is 116. The van der Waals surface area contributed by atoms with E-state index in [1.165, 1.54) is 0 Å². The molecule has 0 fully saturated rings. The fourth-order valence-electron chi connectivity index (χ4n) is 1.39. The maximum absolute atomic E-state index is 3.33. The number of hydrogen-bond donors (Lipinski definition) is 1. The minimum absolute atomic E-state index is 0.671. The van der Waals surface area contributed by atoms with Crippen molar-refractivity contribution < 1.29 is 0 Å². The SMILES string of the molecule is CC(C)C1NC=CC1C. The second-order valence-electron chi connectivity index (χ2n) is 3.15. The molecule has 1 aliphatic rings. The summed E-state index contributed by atoms with van der Waals surface area (Å²) in [5.74, 6) is 1.46. The topological polar surface area (TPSA) is 12.0 Å². The van der Waals surface area contributed by atoms with Crippen LogP contribution in [0.3, 0.4) is 0 Å². The van der Waals surface area contributed by atoms with Gasteiger partial charge in [0.15, 0.2) is 0 Å². The Morgan fingerprint density at radius 2 is 2.11 bits per heavy atom. The maximum atomic E-state index is 3.33. The molecule has 0 aliphatic carbocycles. The van der Waals surface area contributed by atoms with Crippen molar-refractivity contribution in [3.05, 3.63) is 12.3 Å². The smallest absolute Gasteiger partial charge is 0.0339 e. The highest BCUT2D eigenvalue weighted by Gasteiger charge is 2.20. The number of nitrogens with one attached hydrogen (secondary N) is 1. The van der Waals surface area contributed by atoms with Crippen LogP contribution in [0, 0.1) is 11.8 Å². The predicted octanol–water partition coefficient (Wildman–Crippen LogP) is 1.76. The molecule has 1 aliphatic heterocycles. The Balaban J connectivity index is 2.45. The average molecular weight is 125 g/mol. The summed E-state index contributed by atoms with van der Waals surface area (Å²) in [7, 11) is 0. The van der Waals surface area contributed by atoms with Crippen molar-refractivity contribution >= 4 is 0 Å². The van der Waals surface area contributed by atoms with Crippen molar-refractivity contribution in [3.8, 4) is 0 Å². The van der Waals surface area contributed by atoms with Gasteiger partial charge in [-0.1, -0.05) is 26.8 Å². The lowest BCUT2D eigenvalue weighted by Gasteiger charge is -2.19. The molecular formula is C8H15N. The van der Waals surface area contributed by atoms with Gasteiger partial charge in [0, 0.05) is 6.04 Å². The average Bonchev–Trinajstić information content (AvgIpc) is 2.13. The maximum Gasteiger partial charge on any atom is 0.0339 e. The zero-order valence-corrected chi connectivity index (χ0v) is 6.39. The quantitative estimate of drug-likeness (QED) is 0.563. The van der Waals surface area contributed by atoms with Crippen LogP contribution in [0.15, 0.2) is 12.3 Å². The van der Waals surface area contributed by atoms with Crippen molar-refractivity contribution in [1.82, 2.24) is 5.32 Å². The van der Waals surface area contributed by atoms with Crippen LogP contribution >= 0.6 is 0 Å². The van der Waals surface area contributed by atoms with Gasteiger partial charge < -0.3 is 5.32 Å². The Kier molecular flexibility index (Phi) is 1.79. The summed E-state index contributed by atoms with van der Waals surface area (Å²) in [6.07, 6.45) is 4.29. The lowest BCUT2D eigenvalue weighted by molar-refractivity contribution is 0.393. The molecule has 2 unspecified atom stereocenters. The van der Waals surface area contributed by atoms with Crippen LogP contribution in [0.5, 0.6) is 0 Å². The van der Waals surface area contributed by atoms with Gasteiger partial charge in [0.25, 0.3) is 0 Å². The van der Waals surface area contributed by atoms with E-state index in [-0.39, 0.29) is 0 Å². The van der Waals surface area contributed by atoms with Gasteiger partial charge in [0.1, 0.15) is 0 Å². The largest absolute Gasteiger partial charge is 0.388 e. The number of hydrogen-bond acceptors (Lipinski definition) is 1. The van der Waals surface area contributed by atoms with Gasteiger partial charge in [-0.2, -0.15) is 0 Å². The molecule has 1 N–H and O–H groups in total. The Morgan fingerprint density at radius 3 is 2.33 bits per heavy atom. The fraction of sp³-hybridized carbons (Fsp3) is 0.750. The van der Waals surface area contributed by atoms with Crippen LogP contribution in [-0.4, -0.2) is 6.04 Å². The highest BCUT2D eigenvalue weighted by Crippen LogP contribution is 2.17. The van der Waals surface area contributed by atoms with Crippen LogP contribution in [-0.2, 0) is 0 Å². The van der Waals surface area contributed by atoms with Gasteiger partial charge in [-0.3, -0.25) is 0 Å². The minimum atomic E-state index is 0.671. The van der Waals surface area contributed by atoms with Gasteiger partial charge >= 0.3 is 0 Å². The molecule has 1 heterocycles. The zero-order chi connectivity index (χ0) is 6.85. The van der Waals surface area contributed by atoms with Crippen molar-refractivity contribution in [2.75, 3.05) is 0 Å². The summed E-state index contributed by atoms with van der Waals surface area (Å²) in [5, 5.41) is 3.33. The summed E-state index contributed by atoms with van der Waals surface area (Å²) >= 11 is 0. The van der Waals surface area contributed by atoms with Crippen LogP contribution in [0.25, 0.3) is 0 Å². The first kappa shape index (κ1) is 6.66. The Hall–Kier alpha value is -0.460. The van der Waals surface area contributed by atoms with Gasteiger partial charge in [0.2, 0.25) is 0 Å². The minimum Gasteiger partial charge on any atom is -0.388 e. The van der Waals surface area contributed by atoms with Crippen molar-refractivity contribution in [1.29, 1.82) is 0 Å². The first-order valence-electron chi connectivity index (χ1n) is 3.64. The van der Waals surface area contributed by atoms with Crippen LogP contribution < -0.4 is 5.32 Å². The zero-order valence-electron chi connectivity index (χ0n) is 6.39. The fourth-order valence-corrected chi connectivity index (χ4v) is 1.39. The van der Waals surface area contributed by atoms with E-state index >= 15 is 0 Å². The molecule has 2 atom stereocenters. The highest BCUT2D eigenvalue weighted by molar-refractivity contribution is 5.01. The lowest BCUT2D eigenvalue weighted by Crippen LogP contribution is -2.30. The van der Waals surface area contributed by atoms with Crippen LogP contribution in [0.4, 0.5) is 0 Å². The molecule has 1 rings (SSSR count). The second kappa shape index (κ2) is 2.42. The molecule has 0 saturated heterocycles. The molecule has 0 aromatic heterocycles. The predicted molar refractivity (Wildman–Crippen MR) is 40.1 cm³/mol. The normalized spacial score (nSPS) is 33.3. The molecular weight excluding hydrogens is 110 g/mol. The van der Waals surface area contributed by atoms with E-state index in [1.807, 2.05) is 0 Å². The lowest BCUT2D eigenvalue weighted by atomic mass is 9.94. The van der Waals surface area contributed by atoms with E-state index < -0.39 is 0 Å². The summed E-state index contributed by atoms with van der Waals surface area (Å²) < 4.78 is 0. The molecule has 0 spiro atoms. The van der Waals surface area contributed by atoms with E-state index in [0.29, 0.717) is 12.0 Å². The Labute approximate surface area is 57.1 Å². The first-order valence-corrected chi connectivity index (χ1v) is 3.64. The van der Waals surface area contributed by atoms with Crippen molar-refractivity contribution in [3.63, 3.8) is 0 Å². The molecule has 9 heavy (non-hydrogen) atoms. The molecule has 0 aromatic carbocycles. The molecule has 0 aromatic rings. The highest BCUT2D eigenvalue weighted by atomic mass is 14.9. The molecule has 1 nitrogen and oxygen atoms in total. The summed E-state index contributed by atoms with van der Waals surface area (Å²) in [5.41, 5.74) is 0. The van der Waals surface area contributed by atoms with E-state index in [4.69, 9.17) is 0 Å². The summed E-state index contributed by atoms with van der Waals surface area (Å²) in [6, 6.07) is 0.671. The summed E-state index contributed by atoms with van der Waals surface area (Å²) in [4.78, 5) is 0. The standard InChI is InChI=1S/C8H15N/c1-6(2)8-7(3)4-5-9-8/h4-9H,1-3H3. The van der Waals surface area contributed by atoms with Gasteiger partial charge in [-0.05, 0) is 18.0 Å². The van der Waals surface area contributed by atoms with Gasteiger partial charge in [-0.15, -0.1) is 0 Å². The molecule has 1 heteroatoms. The molecule has 0 amide bonds. The third kappa shape index (κ3) is 1.26. The monoisotopic (exact) mass is 125 g/mol. The van der Waals surface area contributed by atoms with Gasteiger partial charge in [-0.25, -0.2) is 0 Å². The van der Waals surface area contributed by atoms with Crippen LogP contribution in [0.1, 0.15) is 20.8 Å². The van der Waals surface area contributed by atoms with E-state index in [9.17, 15) is 0 Å². The van der Waals surface area contributed by atoms with Crippen molar-refractivity contribution in [2.24, 2.45) is 11.8 Å². The third-order valence-corrected chi connectivity index (χ3v) is 1.97. The Morgan fingerprint density at radius 1 is 1.44 bits per heavy atom. The van der Waals surface area contributed by atoms with Crippen molar-refractivity contribution in [2.45, 2.75) is 26.8 Å². The molecule has 0 radical (unpaired) electrons. The number of rotatable bonds is 1. The van der Waals surface area contributed by atoms with E-state index in [0.717, 1.165) is 5.92 Å². The summed E-state index contributed by atoms with van der Waals surface area (Å²) in [6.45, 7) is 6.75.